The average Bonchev–Trinajstić information content (AvgIpc) is 3.38. The fourth-order valence-corrected chi connectivity index (χ4v) is 3.60. The second kappa shape index (κ2) is 6.63. The molecule has 0 aliphatic carbocycles. The van der Waals surface area contributed by atoms with Crippen LogP contribution in [0.25, 0.3) is 22.4 Å². The molecule has 0 atom stereocenters. The number of anilines is 1. The summed E-state index contributed by atoms with van der Waals surface area (Å²) in [6, 6.07) is 15.9. The minimum atomic E-state index is -0.539. The summed E-state index contributed by atoms with van der Waals surface area (Å²) >= 11 is 0. The smallest absolute Gasteiger partial charge is 0.274 e. The van der Waals surface area contributed by atoms with E-state index in [1.807, 2.05) is 30.3 Å². The molecule has 0 saturated carbocycles. The number of hydrogen-bond donors (Lipinski definition) is 1. The molecule has 0 bridgehead atoms. The van der Waals surface area contributed by atoms with E-state index < -0.39 is 17.4 Å². The lowest BCUT2D eigenvalue weighted by atomic mass is 10.0. The number of rotatable bonds is 3. The van der Waals surface area contributed by atoms with Crippen LogP contribution in [-0.4, -0.2) is 31.8 Å². The predicted molar refractivity (Wildman–Crippen MR) is 110 cm³/mol. The maximum absolute atomic E-state index is 13.2. The Hall–Kier alpha value is -4.33. The zero-order valence-corrected chi connectivity index (χ0v) is 15.9. The number of carbonyl (C=O) groups is 2. The molecule has 0 radical (unpaired) electrons. The second-order valence-corrected chi connectivity index (χ2v) is 6.96. The van der Waals surface area contributed by atoms with Crippen molar-refractivity contribution in [3.63, 3.8) is 0 Å². The van der Waals surface area contributed by atoms with Gasteiger partial charge in [-0.2, -0.15) is 0 Å². The maximum Gasteiger partial charge on any atom is 0.274 e. The van der Waals surface area contributed by atoms with Crippen LogP contribution < -0.4 is 10.5 Å². The van der Waals surface area contributed by atoms with E-state index in [1.54, 1.807) is 43.7 Å². The van der Waals surface area contributed by atoms with E-state index in [0.717, 1.165) is 16.0 Å². The lowest BCUT2D eigenvalue weighted by Gasteiger charge is -2.16. The number of aromatic nitrogens is 4. The quantitative estimate of drug-likeness (QED) is 0.536. The van der Waals surface area contributed by atoms with Crippen molar-refractivity contribution in [3.8, 4) is 22.4 Å². The van der Waals surface area contributed by atoms with Crippen molar-refractivity contribution in [3.05, 3.63) is 88.5 Å². The van der Waals surface area contributed by atoms with Crippen LogP contribution in [0, 0.1) is 0 Å². The number of pyridine rings is 1. The molecule has 2 aromatic carbocycles. The van der Waals surface area contributed by atoms with E-state index in [9.17, 15) is 14.4 Å². The molecular formula is C22H15N5O3. The number of benzene rings is 2. The number of imide groups is 1. The number of aromatic amines is 1. The number of fused-ring (bicyclic) bond motifs is 1. The fourth-order valence-electron chi connectivity index (χ4n) is 3.60. The van der Waals surface area contributed by atoms with Gasteiger partial charge in [0.25, 0.3) is 17.4 Å². The standard InChI is InChI=1S/C22H15N5O3/c1-26-12-15(13-5-3-2-4-6-13)10-19(22(26)30)27-20(28)16-8-7-14(9-17(16)21(27)29)18-11-23-25-24-18/h2-12H,1H3,(H,23,24,25). The molecule has 2 aromatic heterocycles. The van der Waals surface area contributed by atoms with Gasteiger partial charge >= 0.3 is 0 Å². The number of aryl methyl sites for hydroxylation is 1. The van der Waals surface area contributed by atoms with E-state index in [1.165, 1.54) is 4.57 Å². The third kappa shape index (κ3) is 2.66. The summed E-state index contributed by atoms with van der Waals surface area (Å²) < 4.78 is 1.38. The summed E-state index contributed by atoms with van der Waals surface area (Å²) in [5, 5.41) is 10.2. The Morgan fingerprint density at radius 1 is 0.833 bits per heavy atom. The highest BCUT2D eigenvalue weighted by molar-refractivity contribution is 6.34. The first kappa shape index (κ1) is 17.7. The van der Waals surface area contributed by atoms with Gasteiger partial charge in [-0.3, -0.25) is 19.5 Å². The highest BCUT2D eigenvalue weighted by atomic mass is 16.2. The molecule has 1 aliphatic rings. The van der Waals surface area contributed by atoms with Crippen LogP contribution in [-0.2, 0) is 7.05 Å². The number of carbonyl (C=O) groups excluding carboxylic acids is 2. The molecule has 3 heterocycles. The Balaban J connectivity index is 1.63. The van der Waals surface area contributed by atoms with Crippen molar-refractivity contribution in [1.29, 1.82) is 0 Å². The normalized spacial score (nSPS) is 13.0. The first-order chi connectivity index (χ1) is 14.5. The molecule has 2 amide bonds. The Kier molecular flexibility index (Phi) is 3.92. The van der Waals surface area contributed by atoms with Crippen LogP contribution >= 0.6 is 0 Å². The van der Waals surface area contributed by atoms with Crippen LogP contribution in [0.3, 0.4) is 0 Å². The van der Waals surface area contributed by atoms with Gasteiger partial charge in [0.1, 0.15) is 11.4 Å². The Bertz CT molecular complexity index is 1360. The van der Waals surface area contributed by atoms with Gasteiger partial charge in [0, 0.05) is 30.6 Å². The molecule has 0 spiro atoms. The molecule has 1 N–H and O–H groups in total. The lowest BCUT2D eigenvalue weighted by molar-refractivity contribution is 0.0925. The van der Waals surface area contributed by atoms with Gasteiger partial charge in [-0.25, -0.2) is 4.90 Å². The van der Waals surface area contributed by atoms with Gasteiger partial charge in [0.2, 0.25) is 0 Å². The van der Waals surface area contributed by atoms with Gasteiger partial charge < -0.3 is 4.57 Å². The first-order valence-corrected chi connectivity index (χ1v) is 9.20. The SMILES string of the molecule is Cn1cc(-c2ccccc2)cc(N2C(=O)c3ccc(-c4c[nH]nn4)cc3C2=O)c1=O. The Labute approximate surface area is 170 Å². The van der Waals surface area contributed by atoms with Crippen molar-refractivity contribution < 1.29 is 9.59 Å². The van der Waals surface area contributed by atoms with E-state index in [0.29, 0.717) is 11.3 Å². The van der Waals surface area contributed by atoms with Crippen molar-refractivity contribution in [2.45, 2.75) is 0 Å². The van der Waals surface area contributed by atoms with Crippen LogP contribution in [0.4, 0.5) is 5.69 Å². The zero-order valence-electron chi connectivity index (χ0n) is 15.9. The van der Waals surface area contributed by atoms with Gasteiger partial charge in [0.15, 0.2) is 0 Å². The average molecular weight is 397 g/mol. The third-order valence-corrected chi connectivity index (χ3v) is 5.11. The van der Waals surface area contributed by atoms with E-state index in [-0.39, 0.29) is 16.8 Å². The van der Waals surface area contributed by atoms with Crippen LogP contribution in [0.1, 0.15) is 20.7 Å². The predicted octanol–water partition coefficient (Wildman–Crippen LogP) is 2.64. The van der Waals surface area contributed by atoms with E-state index in [4.69, 9.17) is 0 Å². The Morgan fingerprint density at radius 3 is 2.33 bits per heavy atom. The first-order valence-electron chi connectivity index (χ1n) is 9.20. The number of nitrogens with zero attached hydrogens (tertiary/aromatic N) is 4. The molecular weight excluding hydrogens is 382 g/mol. The molecule has 0 saturated heterocycles. The number of amides is 2. The molecule has 8 heteroatoms. The molecule has 146 valence electrons. The lowest BCUT2D eigenvalue weighted by Crippen LogP contribution is -2.35. The summed E-state index contributed by atoms with van der Waals surface area (Å²) in [5.74, 6) is -1.06. The molecule has 30 heavy (non-hydrogen) atoms. The summed E-state index contributed by atoms with van der Waals surface area (Å²) in [6.45, 7) is 0. The summed E-state index contributed by atoms with van der Waals surface area (Å²) in [7, 11) is 1.60. The summed E-state index contributed by atoms with van der Waals surface area (Å²) in [5.41, 5.74) is 2.88. The molecule has 0 unspecified atom stereocenters. The topological polar surface area (TPSA) is 101 Å². The number of hydrogen-bond acceptors (Lipinski definition) is 5. The highest BCUT2D eigenvalue weighted by Gasteiger charge is 2.38. The highest BCUT2D eigenvalue weighted by Crippen LogP contribution is 2.31. The molecule has 0 fully saturated rings. The third-order valence-electron chi connectivity index (χ3n) is 5.11. The second-order valence-electron chi connectivity index (χ2n) is 6.96. The van der Waals surface area contributed by atoms with Gasteiger partial charge in [-0.1, -0.05) is 41.6 Å². The van der Waals surface area contributed by atoms with Crippen molar-refractivity contribution in [1.82, 2.24) is 20.0 Å². The maximum atomic E-state index is 13.2. The minimum Gasteiger partial charge on any atom is -0.316 e. The molecule has 1 aliphatic heterocycles. The van der Waals surface area contributed by atoms with E-state index >= 15 is 0 Å². The van der Waals surface area contributed by atoms with Crippen molar-refractivity contribution in [2.75, 3.05) is 4.90 Å². The summed E-state index contributed by atoms with van der Waals surface area (Å²) in [6.07, 6.45) is 3.28. The van der Waals surface area contributed by atoms with E-state index in [2.05, 4.69) is 15.4 Å². The summed E-state index contributed by atoms with van der Waals surface area (Å²) in [4.78, 5) is 40.0. The van der Waals surface area contributed by atoms with Gasteiger partial charge in [-0.15, -0.1) is 5.10 Å². The fraction of sp³-hybridized carbons (Fsp3) is 0.0455. The van der Waals surface area contributed by atoms with Crippen LogP contribution in [0.2, 0.25) is 0 Å². The largest absolute Gasteiger partial charge is 0.316 e. The number of nitrogens with one attached hydrogen (secondary N) is 1. The molecule has 5 rings (SSSR count). The number of H-pyrrole nitrogens is 1. The van der Waals surface area contributed by atoms with Crippen LogP contribution in [0.15, 0.2) is 71.8 Å². The minimum absolute atomic E-state index is 0.0213. The van der Waals surface area contributed by atoms with Crippen LogP contribution in [0.5, 0.6) is 0 Å². The van der Waals surface area contributed by atoms with Gasteiger partial charge in [0.05, 0.1) is 11.1 Å². The Morgan fingerprint density at radius 2 is 1.60 bits per heavy atom. The van der Waals surface area contributed by atoms with Gasteiger partial charge in [-0.05, 0) is 23.8 Å². The van der Waals surface area contributed by atoms with Crippen molar-refractivity contribution >= 4 is 17.5 Å². The molecule has 4 aromatic rings. The molecule has 8 nitrogen and oxygen atoms in total. The monoisotopic (exact) mass is 397 g/mol. The zero-order chi connectivity index (χ0) is 20.8. The van der Waals surface area contributed by atoms with Crippen molar-refractivity contribution in [2.24, 2.45) is 7.05 Å².